The number of hydrogen-bond acceptors (Lipinski definition) is 4. The van der Waals surface area contributed by atoms with Crippen LogP contribution >= 0.6 is 0 Å². The van der Waals surface area contributed by atoms with E-state index in [0.29, 0.717) is 12.5 Å². The minimum Gasteiger partial charge on any atom is -0.353 e. The van der Waals surface area contributed by atoms with Crippen molar-refractivity contribution < 1.29 is 4.52 Å². The van der Waals surface area contributed by atoms with Crippen molar-refractivity contribution in [2.45, 2.75) is 13.0 Å². The topological polar surface area (TPSA) is 60.1 Å². The van der Waals surface area contributed by atoms with Crippen molar-refractivity contribution in [3.05, 3.63) is 10.6 Å². The van der Waals surface area contributed by atoms with Gasteiger partial charge >= 0.3 is 5.76 Å². The first kappa shape index (κ1) is 5.52. The van der Waals surface area contributed by atoms with Gasteiger partial charge in [-0.2, -0.15) is 0 Å². The fraction of sp³-hybridized carbons (Fsp3) is 0.600. The molecule has 0 saturated heterocycles. The van der Waals surface area contributed by atoms with Gasteiger partial charge in [-0.1, -0.05) is 0 Å². The highest BCUT2D eigenvalue weighted by atomic mass is 16.5. The highest BCUT2D eigenvalue weighted by Crippen LogP contribution is 2.05. The van der Waals surface area contributed by atoms with Gasteiger partial charge in [0.1, 0.15) is 0 Å². The minimum absolute atomic E-state index is 0.373. The maximum atomic E-state index is 10.8. The SMILES string of the molecule is O=c1onc2n1CCCN2. The molecule has 1 aliphatic rings. The Morgan fingerprint density at radius 2 is 2.60 bits per heavy atom. The van der Waals surface area contributed by atoms with Crippen molar-refractivity contribution in [2.75, 3.05) is 11.9 Å². The number of fused-ring (bicyclic) bond motifs is 1. The summed E-state index contributed by atoms with van der Waals surface area (Å²) in [7, 11) is 0. The molecule has 0 atom stereocenters. The van der Waals surface area contributed by atoms with Crippen molar-refractivity contribution in [1.29, 1.82) is 0 Å². The largest absolute Gasteiger partial charge is 0.443 e. The van der Waals surface area contributed by atoms with Crippen LogP contribution < -0.4 is 11.1 Å². The highest BCUT2D eigenvalue weighted by Gasteiger charge is 2.12. The zero-order valence-corrected chi connectivity index (χ0v) is 5.33. The van der Waals surface area contributed by atoms with E-state index < -0.39 is 0 Å². The normalized spacial score (nSPS) is 16.0. The molecule has 0 fully saturated rings. The maximum absolute atomic E-state index is 10.8. The second kappa shape index (κ2) is 1.86. The lowest BCUT2D eigenvalue weighted by atomic mass is 10.4. The molecule has 1 N–H and O–H groups in total. The molecule has 10 heavy (non-hydrogen) atoms. The van der Waals surface area contributed by atoms with Gasteiger partial charge < -0.3 is 5.32 Å². The molecule has 0 amide bonds. The lowest BCUT2D eigenvalue weighted by Crippen LogP contribution is -2.23. The molecular formula is C5H7N3O2. The fourth-order valence-electron chi connectivity index (χ4n) is 1.03. The number of hydrogen-bond donors (Lipinski definition) is 1. The Morgan fingerprint density at radius 3 is 3.40 bits per heavy atom. The van der Waals surface area contributed by atoms with Crippen molar-refractivity contribution in [3.63, 3.8) is 0 Å². The second-order valence-electron chi connectivity index (χ2n) is 2.20. The van der Waals surface area contributed by atoms with Crippen LogP contribution in [0.1, 0.15) is 6.42 Å². The first-order valence-electron chi connectivity index (χ1n) is 3.18. The van der Waals surface area contributed by atoms with Crippen LogP contribution in [0, 0.1) is 0 Å². The average molecular weight is 141 g/mol. The maximum Gasteiger partial charge on any atom is 0.443 e. The van der Waals surface area contributed by atoms with Gasteiger partial charge in [-0.25, -0.2) is 9.36 Å². The van der Waals surface area contributed by atoms with Crippen molar-refractivity contribution in [2.24, 2.45) is 0 Å². The van der Waals surface area contributed by atoms with Gasteiger partial charge in [0, 0.05) is 13.1 Å². The molecule has 0 bridgehead atoms. The van der Waals surface area contributed by atoms with Crippen LogP contribution in [-0.4, -0.2) is 16.3 Å². The summed E-state index contributed by atoms with van der Waals surface area (Å²) in [5.74, 6) is 0.179. The van der Waals surface area contributed by atoms with E-state index in [1.54, 1.807) is 0 Å². The molecule has 2 heterocycles. The molecule has 5 nitrogen and oxygen atoms in total. The van der Waals surface area contributed by atoms with Gasteiger partial charge in [0.25, 0.3) is 0 Å². The average Bonchev–Trinajstić information content (AvgIpc) is 2.34. The Balaban J connectivity index is 2.55. The zero-order valence-electron chi connectivity index (χ0n) is 5.33. The standard InChI is InChI=1S/C5H7N3O2/c9-5-8-3-1-2-6-4(8)7-10-5/h1-3H2,(H,6,7). The van der Waals surface area contributed by atoms with Gasteiger partial charge in [0.15, 0.2) is 0 Å². The van der Waals surface area contributed by atoms with Crippen molar-refractivity contribution in [3.8, 4) is 0 Å². The quantitative estimate of drug-likeness (QED) is 0.536. The molecule has 0 unspecified atom stereocenters. The molecule has 1 aliphatic heterocycles. The molecule has 0 aromatic carbocycles. The number of nitrogens with one attached hydrogen (secondary N) is 1. The Morgan fingerprint density at radius 1 is 1.70 bits per heavy atom. The third-order valence-electron chi connectivity index (χ3n) is 1.53. The molecule has 1 aromatic heterocycles. The predicted molar refractivity (Wildman–Crippen MR) is 33.9 cm³/mol. The Kier molecular flexibility index (Phi) is 1.03. The zero-order chi connectivity index (χ0) is 6.97. The van der Waals surface area contributed by atoms with Crippen molar-refractivity contribution >= 4 is 5.95 Å². The van der Waals surface area contributed by atoms with E-state index in [1.165, 1.54) is 4.57 Å². The van der Waals surface area contributed by atoms with E-state index in [9.17, 15) is 4.79 Å². The second-order valence-corrected chi connectivity index (χ2v) is 2.20. The van der Waals surface area contributed by atoms with Crippen LogP contribution in [0.3, 0.4) is 0 Å². The number of rotatable bonds is 0. The van der Waals surface area contributed by atoms with Crippen LogP contribution in [0.15, 0.2) is 9.32 Å². The van der Waals surface area contributed by atoms with E-state index in [2.05, 4.69) is 15.0 Å². The summed E-state index contributed by atoms with van der Waals surface area (Å²) >= 11 is 0. The van der Waals surface area contributed by atoms with Crippen LogP contribution in [0.5, 0.6) is 0 Å². The predicted octanol–water partition coefficient (Wildman–Crippen LogP) is -0.348. The van der Waals surface area contributed by atoms with Gasteiger partial charge in [-0.15, -0.1) is 0 Å². The third kappa shape index (κ3) is 0.632. The molecular weight excluding hydrogens is 134 g/mol. The minimum atomic E-state index is -0.373. The summed E-state index contributed by atoms with van der Waals surface area (Å²) in [6.07, 6.45) is 0.952. The highest BCUT2D eigenvalue weighted by molar-refractivity contribution is 5.23. The molecule has 0 aliphatic carbocycles. The molecule has 54 valence electrons. The molecule has 0 radical (unpaired) electrons. The molecule has 5 heteroatoms. The summed E-state index contributed by atoms with van der Waals surface area (Å²) in [5.41, 5.74) is 0. The van der Waals surface area contributed by atoms with E-state index in [-0.39, 0.29) is 5.76 Å². The van der Waals surface area contributed by atoms with E-state index >= 15 is 0 Å². The Hall–Kier alpha value is -1.26. The van der Waals surface area contributed by atoms with Crippen LogP contribution in [-0.2, 0) is 6.54 Å². The summed E-state index contributed by atoms with van der Waals surface area (Å²) < 4.78 is 5.90. The Labute approximate surface area is 56.6 Å². The molecule has 0 spiro atoms. The number of anilines is 1. The van der Waals surface area contributed by atoms with Crippen molar-refractivity contribution in [1.82, 2.24) is 9.72 Å². The van der Waals surface area contributed by atoms with Crippen LogP contribution in [0.2, 0.25) is 0 Å². The molecule has 2 rings (SSSR count). The lowest BCUT2D eigenvalue weighted by molar-refractivity contribution is 0.377. The van der Waals surface area contributed by atoms with Gasteiger partial charge in [0.2, 0.25) is 5.95 Å². The summed E-state index contributed by atoms with van der Waals surface area (Å²) in [6, 6.07) is 0. The lowest BCUT2D eigenvalue weighted by Gasteiger charge is -2.11. The molecule has 1 aromatic rings. The van der Waals surface area contributed by atoms with E-state index in [4.69, 9.17) is 0 Å². The van der Waals surface area contributed by atoms with E-state index in [1.807, 2.05) is 0 Å². The monoisotopic (exact) mass is 141 g/mol. The van der Waals surface area contributed by atoms with E-state index in [0.717, 1.165) is 13.0 Å². The first-order chi connectivity index (χ1) is 4.88. The first-order valence-corrected chi connectivity index (χ1v) is 3.18. The Bertz CT molecular complexity index is 287. The van der Waals surface area contributed by atoms with Crippen LogP contribution in [0.4, 0.5) is 5.95 Å². The van der Waals surface area contributed by atoms with Gasteiger partial charge in [-0.3, -0.25) is 4.52 Å². The summed E-state index contributed by atoms with van der Waals surface area (Å²) in [6.45, 7) is 1.58. The smallest absolute Gasteiger partial charge is 0.353 e. The van der Waals surface area contributed by atoms with Gasteiger partial charge in [-0.05, 0) is 11.6 Å². The number of aromatic nitrogens is 2. The van der Waals surface area contributed by atoms with Gasteiger partial charge in [0.05, 0.1) is 0 Å². The molecule has 0 saturated carbocycles. The summed E-state index contributed by atoms with van der Waals surface area (Å²) in [5, 5.41) is 6.46. The van der Waals surface area contributed by atoms with Crippen LogP contribution in [0.25, 0.3) is 0 Å². The summed E-state index contributed by atoms with van der Waals surface area (Å²) in [4.78, 5) is 10.8. The number of nitrogens with zero attached hydrogens (tertiary/aromatic N) is 2. The third-order valence-corrected chi connectivity index (χ3v) is 1.53. The fourth-order valence-corrected chi connectivity index (χ4v) is 1.03.